The maximum atomic E-state index is 13.8. The summed E-state index contributed by atoms with van der Waals surface area (Å²) >= 11 is 0. The number of phenols is 2. The van der Waals surface area contributed by atoms with Gasteiger partial charge in [-0.3, -0.25) is 9.59 Å². The second-order valence-electron chi connectivity index (χ2n) is 13.5. The summed E-state index contributed by atoms with van der Waals surface area (Å²) in [6, 6.07) is 25.1. The zero-order chi connectivity index (χ0) is 44.7. The molecule has 0 aliphatic rings. The van der Waals surface area contributed by atoms with Crippen molar-refractivity contribution in [2.24, 2.45) is 0 Å². The van der Waals surface area contributed by atoms with Gasteiger partial charge in [0.1, 0.15) is 48.9 Å². The van der Waals surface area contributed by atoms with E-state index >= 15 is 0 Å². The first-order valence-corrected chi connectivity index (χ1v) is 22.1. The third-order valence-corrected chi connectivity index (χ3v) is 11.1. The molecule has 0 radical (unpaired) electrons. The van der Waals surface area contributed by atoms with Gasteiger partial charge < -0.3 is 50.4 Å². The fourth-order valence-corrected chi connectivity index (χ4v) is 7.89. The van der Waals surface area contributed by atoms with Gasteiger partial charge in [-0.15, -0.1) is 0 Å². The Morgan fingerprint density at radius 2 is 0.823 bits per heavy atom. The van der Waals surface area contributed by atoms with E-state index in [4.69, 9.17) is 18.9 Å². The van der Waals surface area contributed by atoms with Crippen LogP contribution in [0.3, 0.4) is 0 Å². The summed E-state index contributed by atoms with van der Waals surface area (Å²) in [5.74, 6) is -3.09. The van der Waals surface area contributed by atoms with Crippen molar-refractivity contribution in [3.05, 3.63) is 131 Å². The van der Waals surface area contributed by atoms with Crippen molar-refractivity contribution in [1.82, 2.24) is 21.3 Å². The molecule has 4 atom stereocenters. The molecule has 0 spiro atoms. The summed E-state index contributed by atoms with van der Waals surface area (Å²) in [6.45, 7) is 3.16. The summed E-state index contributed by atoms with van der Waals surface area (Å²) < 4.78 is 21.2. The molecule has 0 bridgehead atoms. The smallest absolute Gasteiger partial charge is 0.408 e. The lowest BCUT2D eigenvalue weighted by Crippen LogP contribution is -2.54. The third kappa shape index (κ3) is 17.3. The number of benzene rings is 4. The number of carbonyl (C=O) groups is 6. The summed E-state index contributed by atoms with van der Waals surface area (Å²) in [6.07, 6.45) is -1.80. The number of aromatic hydroxyl groups is 2. The number of hydrogen-bond acceptors (Lipinski definition) is 14. The number of hydrogen-bond donors (Lipinski definition) is 6. The van der Waals surface area contributed by atoms with Gasteiger partial charge in [-0.2, -0.15) is 0 Å². The van der Waals surface area contributed by atoms with E-state index in [0.29, 0.717) is 22.3 Å². The average Bonchev–Trinajstić information content (AvgIpc) is 3.27. The molecule has 4 rings (SSSR count). The predicted octanol–water partition coefficient (Wildman–Crippen LogP) is 4.95. The van der Waals surface area contributed by atoms with Crippen LogP contribution in [0.5, 0.6) is 11.5 Å². The maximum Gasteiger partial charge on any atom is 0.408 e. The van der Waals surface area contributed by atoms with E-state index in [1.807, 2.05) is 12.1 Å². The fourth-order valence-electron chi connectivity index (χ4n) is 5.56. The Morgan fingerprint density at radius 1 is 0.468 bits per heavy atom. The zero-order valence-corrected chi connectivity index (χ0v) is 35.8. The molecule has 4 aromatic carbocycles. The summed E-state index contributed by atoms with van der Waals surface area (Å²) in [4.78, 5) is 79.8. The van der Waals surface area contributed by atoms with Crippen LogP contribution in [-0.2, 0) is 64.2 Å². The fraction of sp³-hybridized carbons (Fsp3) is 0.318. The highest BCUT2D eigenvalue weighted by Crippen LogP contribution is 2.24. The Labute approximate surface area is 367 Å². The lowest BCUT2D eigenvalue weighted by Gasteiger charge is -2.23. The monoisotopic (exact) mass is 890 g/mol. The number of phenolic OH excluding ortho intramolecular Hbond substituents is 2. The van der Waals surface area contributed by atoms with E-state index in [2.05, 4.69) is 21.3 Å². The second kappa shape index (κ2) is 26.0. The number of amides is 4. The molecule has 0 saturated carbocycles. The minimum atomic E-state index is -1.28. The minimum absolute atomic E-state index is 0.0142. The van der Waals surface area contributed by atoms with Gasteiger partial charge in [0.2, 0.25) is 11.8 Å². The highest BCUT2D eigenvalue weighted by atomic mass is 33.1. The molecule has 0 fully saturated rings. The summed E-state index contributed by atoms with van der Waals surface area (Å²) in [5, 5.41) is 29.9. The number of alkyl carbamates (subject to hydrolysis) is 2. The van der Waals surface area contributed by atoms with Crippen LogP contribution in [-0.4, -0.2) is 95.0 Å². The van der Waals surface area contributed by atoms with Crippen LogP contribution in [0.15, 0.2) is 109 Å². The molecular formula is C44H50N4O12S2. The largest absolute Gasteiger partial charge is 0.508 e. The summed E-state index contributed by atoms with van der Waals surface area (Å²) in [7, 11) is 2.14. The highest BCUT2D eigenvalue weighted by molar-refractivity contribution is 8.76. The Balaban J connectivity index is 1.49. The molecule has 4 aromatic rings. The van der Waals surface area contributed by atoms with E-state index in [-0.39, 0.29) is 62.3 Å². The molecule has 0 heterocycles. The van der Waals surface area contributed by atoms with Gasteiger partial charge in [-0.05, 0) is 60.4 Å². The molecule has 18 heteroatoms. The lowest BCUT2D eigenvalue weighted by molar-refractivity contribution is -0.148. The number of esters is 2. The van der Waals surface area contributed by atoms with Crippen LogP contribution < -0.4 is 21.3 Å². The molecule has 0 aliphatic carbocycles. The third-order valence-electron chi connectivity index (χ3n) is 8.72. The SMILES string of the molecule is CCOC(=O)C(Cc1ccc(O)cc1)NC(=O)C(CSSCC(NC(=O)OCc1ccccc1)C(=O)NC(Cc1ccc(O)cc1)C(=O)OCC)NC(=O)OCc1ccccc1. The van der Waals surface area contributed by atoms with Crippen molar-refractivity contribution in [2.45, 2.75) is 64.1 Å². The van der Waals surface area contributed by atoms with Crippen molar-refractivity contribution < 1.29 is 57.9 Å². The molecule has 0 aromatic heterocycles. The molecular weight excluding hydrogens is 841 g/mol. The van der Waals surface area contributed by atoms with E-state index in [1.165, 1.54) is 24.3 Å². The van der Waals surface area contributed by atoms with Crippen molar-refractivity contribution in [3.63, 3.8) is 0 Å². The Kier molecular flexibility index (Phi) is 20.3. The van der Waals surface area contributed by atoms with Crippen LogP contribution >= 0.6 is 21.6 Å². The van der Waals surface area contributed by atoms with Gasteiger partial charge >= 0.3 is 24.1 Å². The molecule has 16 nitrogen and oxygen atoms in total. The van der Waals surface area contributed by atoms with Crippen molar-refractivity contribution in [2.75, 3.05) is 24.7 Å². The molecule has 0 saturated heterocycles. The van der Waals surface area contributed by atoms with E-state index in [1.54, 1.807) is 86.6 Å². The Hall–Kier alpha value is -6.40. The Morgan fingerprint density at radius 3 is 1.16 bits per heavy atom. The van der Waals surface area contributed by atoms with Crippen LogP contribution in [0.2, 0.25) is 0 Å². The van der Waals surface area contributed by atoms with Crippen molar-refractivity contribution in [1.29, 1.82) is 0 Å². The van der Waals surface area contributed by atoms with E-state index in [0.717, 1.165) is 21.6 Å². The standard InChI is InChI=1S/C44H50N4O12S2/c1-3-57-41(53)35(23-29-15-19-33(49)20-16-29)45-39(51)37(47-43(55)59-25-31-11-7-5-8-12-31)27-61-62-28-38(48-44(56)60-26-32-13-9-6-10-14-32)40(52)46-36(42(54)58-4-2)24-30-17-21-34(50)22-18-30/h5-22,35-38,49-50H,3-4,23-28H2,1-2H3,(H,45,51)(H,46,52)(H,47,55)(H,48,56). The van der Waals surface area contributed by atoms with Crippen LogP contribution in [0, 0.1) is 0 Å². The van der Waals surface area contributed by atoms with Gasteiger partial charge in [0.25, 0.3) is 0 Å². The first-order valence-electron chi connectivity index (χ1n) is 19.6. The van der Waals surface area contributed by atoms with Crippen molar-refractivity contribution >= 4 is 57.5 Å². The number of rotatable bonds is 23. The van der Waals surface area contributed by atoms with Crippen molar-refractivity contribution in [3.8, 4) is 11.5 Å². The van der Waals surface area contributed by atoms with Gasteiger partial charge in [0.15, 0.2) is 0 Å². The van der Waals surface area contributed by atoms with Crippen LogP contribution in [0.25, 0.3) is 0 Å². The van der Waals surface area contributed by atoms with Gasteiger partial charge in [0, 0.05) is 24.3 Å². The molecule has 4 unspecified atom stereocenters. The second-order valence-corrected chi connectivity index (χ2v) is 16.0. The van der Waals surface area contributed by atoms with E-state index in [9.17, 15) is 39.0 Å². The minimum Gasteiger partial charge on any atom is -0.508 e. The van der Waals surface area contributed by atoms with Crippen LogP contribution in [0.1, 0.15) is 36.1 Å². The average molecular weight is 891 g/mol. The van der Waals surface area contributed by atoms with Gasteiger partial charge in [-0.25, -0.2) is 19.2 Å². The van der Waals surface area contributed by atoms with E-state index < -0.39 is 60.1 Å². The Bertz CT molecular complexity index is 1900. The lowest BCUT2D eigenvalue weighted by atomic mass is 10.1. The first kappa shape index (κ1) is 48.3. The topological polar surface area (TPSA) is 228 Å². The number of nitrogens with one attached hydrogen (secondary N) is 4. The zero-order valence-electron chi connectivity index (χ0n) is 34.2. The summed E-state index contributed by atoms with van der Waals surface area (Å²) in [5.41, 5.74) is 2.64. The maximum absolute atomic E-state index is 13.8. The normalized spacial score (nSPS) is 12.6. The van der Waals surface area contributed by atoms with Gasteiger partial charge in [-0.1, -0.05) is 107 Å². The van der Waals surface area contributed by atoms with Gasteiger partial charge in [0.05, 0.1) is 13.2 Å². The molecule has 62 heavy (non-hydrogen) atoms. The highest BCUT2D eigenvalue weighted by Gasteiger charge is 2.31. The van der Waals surface area contributed by atoms with Crippen LogP contribution in [0.4, 0.5) is 9.59 Å². The molecule has 6 N–H and O–H groups in total. The molecule has 330 valence electrons. The first-order chi connectivity index (χ1) is 29.9. The predicted molar refractivity (Wildman–Crippen MR) is 233 cm³/mol. The number of carbonyl (C=O) groups excluding carboxylic acids is 6. The molecule has 4 amide bonds. The number of ether oxygens (including phenoxy) is 4. The quantitative estimate of drug-likeness (QED) is 0.0251. The molecule has 0 aliphatic heterocycles.